The summed E-state index contributed by atoms with van der Waals surface area (Å²) < 4.78 is 4.10. The van der Waals surface area contributed by atoms with Crippen LogP contribution < -0.4 is 0 Å². The SMILES string of the molecule is c1ccc(-c2sc3c(ccc4c5ccccc5sc43)c2-c2c3ccccc3c(-c3ccc4ccccc4c3)c3ccccc23)cc1. The fourth-order valence-corrected chi connectivity index (χ4v) is 10.1. The zero-order valence-corrected chi connectivity index (χ0v) is 26.5. The van der Waals surface area contributed by atoms with Crippen LogP contribution in [0.2, 0.25) is 0 Å². The van der Waals surface area contributed by atoms with Gasteiger partial charge in [-0.05, 0) is 66.7 Å². The highest BCUT2D eigenvalue weighted by Gasteiger charge is 2.24. The highest BCUT2D eigenvalue weighted by atomic mass is 32.1. The average Bonchev–Trinajstić information content (AvgIpc) is 3.70. The molecule has 2 aromatic heterocycles. The molecule has 10 aromatic rings. The normalized spacial score (nSPS) is 11.9. The second-order valence-electron chi connectivity index (χ2n) is 12.0. The minimum absolute atomic E-state index is 1.25. The summed E-state index contributed by atoms with van der Waals surface area (Å²) in [6.45, 7) is 0. The van der Waals surface area contributed by atoms with Crippen molar-refractivity contribution in [3.63, 3.8) is 0 Å². The van der Waals surface area contributed by atoms with Crippen molar-refractivity contribution in [2.75, 3.05) is 0 Å². The summed E-state index contributed by atoms with van der Waals surface area (Å²) in [5, 5.41) is 11.7. The molecular formula is C44H26S2. The largest absolute Gasteiger partial charge is 0.134 e. The van der Waals surface area contributed by atoms with Gasteiger partial charge >= 0.3 is 0 Å². The lowest BCUT2D eigenvalue weighted by Gasteiger charge is -2.19. The zero-order valence-electron chi connectivity index (χ0n) is 24.8. The standard InChI is InChI=1S/C44H26S2/c1-2-13-28(14-3-1)42-41(37-25-24-36-31-16-10-11-21-38(31)45-43(36)44(37)46-42)40-34-19-8-6-17-32(34)39(33-18-7-9-20-35(33)40)30-23-22-27-12-4-5-15-29(27)26-30/h1-26H. The van der Waals surface area contributed by atoms with Gasteiger partial charge in [-0.25, -0.2) is 0 Å². The van der Waals surface area contributed by atoms with Gasteiger partial charge < -0.3 is 0 Å². The molecule has 0 radical (unpaired) electrons. The lowest BCUT2D eigenvalue weighted by atomic mass is 9.84. The summed E-state index contributed by atoms with van der Waals surface area (Å²) in [5.41, 5.74) is 6.47. The van der Waals surface area contributed by atoms with Crippen molar-refractivity contribution in [2.24, 2.45) is 0 Å². The Kier molecular flexibility index (Phi) is 5.72. The highest BCUT2D eigenvalue weighted by Crippen LogP contribution is 2.53. The van der Waals surface area contributed by atoms with E-state index in [0.29, 0.717) is 0 Å². The Morgan fingerprint density at radius 1 is 0.304 bits per heavy atom. The van der Waals surface area contributed by atoms with Crippen LogP contribution in [0.5, 0.6) is 0 Å². The van der Waals surface area contributed by atoms with Crippen LogP contribution in [0.4, 0.5) is 0 Å². The Morgan fingerprint density at radius 3 is 1.61 bits per heavy atom. The van der Waals surface area contributed by atoms with Gasteiger partial charge in [0.1, 0.15) is 0 Å². The number of hydrogen-bond acceptors (Lipinski definition) is 2. The predicted octanol–water partition coefficient (Wildman–Crippen LogP) is 13.7. The maximum absolute atomic E-state index is 2.38. The lowest BCUT2D eigenvalue weighted by Crippen LogP contribution is -1.91. The molecule has 46 heavy (non-hydrogen) atoms. The number of thiophene rings is 2. The first-order valence-corrected chi connectivity index (χ1v) is 17.3. The first-order valence-electron chi connectivity index (χ1n) is 15.7. The fourth-order valence-electron chi connectivity index (χ4n) is 7.43. The summed E-state index contributed by atoms with van der Waals surface area (Å²) in [6.07, 6.45) is 0. The molecule has 0 saturated carbocycles. The molecule has 0 nitrogen and oxygen atoms in total. The van der Waals surface area contributed by atoms with Crippen LogP contribution in [0.25, 0.3) is 95.3 Å². The topological polar surface area (TPSA) is 0 Å². The van der Waals surface area contributed by atoms with Gasteiger partial charge in [-0.1, -0.05) is 146 Å². The molecule has 214 valence electrons. The number of rotatable bonds is 3. The minimum atomic E-state index is 1.25. The van der Waals surface area contributed by atoms with E-state index in [1.165, 1.54) is 95.3 Å². The van der Waals surface area contributed by atoms with Crippen molar-refractivity contribution >= 4 is 85.2 Å². The zero-order chi connectivity index (χ0) is 30.2. The van der Waals surface area contributed by atoms with Gasteiger partial charge in [0.2, 0.25) is 0 Å². The van der Waals surface area contributed by atoms with Crippen molar-refractivity contribution in [3.8, 4) is 32.7 Å². The van der Waals surface area contributed by atoms with Crippen LogP contribution in [-0.2, 0) is 0 Å². The number of benzene rings is 8. The molecule has 2 heteroatoms. The maximum Gasteiger partial charge on any atom is 0.0534 e. The molecule has 0 spiro atoms. The van der Waals surface area contributed by atoms with Gasteiger partial charge in [0.05, 0.1) is 9.40 Å². The molecule has 0 N–H and O–H groups in total. The molecule has 8 aromatic carbocycles. The molecule has 0 unspecified atom stereocenters. The Morgan fingerprint density at radius 2 is 0.870 bits per heavy atom. The predicted molar refractivity (Wildman–Crippen MR) is 204 cm³/mol. The molecule has 0 bridgehead atoms. The molecule has 0 saturated heterocycles. The van der Waals surface area contributed by atoms with E-state index < -0.39 is 0 Å². The van der Waals surface area contributed by atoms with E-state index >= 15 is 0 Å². The van der Waals surface area contributed by atoms with Crippen molar-refractivity contribution in [3.05, 3.63) is 158 Å². The van der Waals surface area contributed by atoms with E-state index in [0.717, 1.165) is 0 Å². The third-order valence-electron chi connectivity index (χ3n) is 9.46. The fraction of sp³-hybridized carbons (Fsp3) is 0. The molecule has 0 aliphatic rings. The van der Waals surface area contributed by atoms with Crippen molar-refractivity contribution < 1.29 is 0 Å². The first kappa shape index (κ1) is 26.0. The van der Waals surface area contributed by atoms with Crippen LogP contribution >= 0.6 is 22.7 Å². The van der Waals surface area contributed by atoms with Crippen molar-refractivity contribution in [2.45, 2.75) is 0 Å². The van der Waals surface area contributed by atoms with Crippen LogP contribution in [0.3, 0.4) is 0 Å². The third-order valence-corrected chi connectivity index (χ3v) is 12.1. The van der Waals surface area contributed by atoms with Crippen molar-refractivity contribution in [1.82, 2.24) is 0 Å². The summed E-state index contributed by atoms with van der Waals surface area (Å²) in [5.74, 6) is 0. The van der Waals surface area contributed by atoms with E-state index in [-0.39, 0.29) is 0 Å². The molecule has 0 aliphatic heterocycles. The average molecular weight is 619 g/mol. The van der Waals surface area contributed by atoms with Crippen LogP contribution in [0.1, 0.15) is 0 Å². The third kappa shape index (κ3) is 3.78. The Labute approximate surface area is 274 Å². The molecule has 0 aliphatic carbocycles. The molecule has 0 amide bonds. The summed E-state index contributed by atoms with van der Waals surface area (Å²) in [7, 11) is 0. The minimum Gasteiger partial charge on any atom is -0.134 e. The molecule has 2 heterocycles. The van der Waals surface area contributed by atoms with Crippen LogP contribution in [0.15, 0.2) is 158 Å². The Balaban J connectivity index is 1.37. The lowest BCUT2D eigenvalue weighted by molar-refractivity contribution is 1.68. The van der Waals surface area contributed by atoms with Gasteiger partial charge in [0, 0.05) is 31.3 Å². The molecule has 0 fully saturated rings. The van der Waals surface area contributed by atoms with Gasteiger partial charge in [-0.3, -0.25) is 0 Å². The van der Waals surface area contributed by atoms with Crippen LogP contribution in [-0.4, -0.2) is 0 Å². The van der Waals surface area contributed by atoms with Gasteiger partial charge in [0.15, 0.2) is 0 Å². The Bertz CT molecular complexity index is 2740. The Hall–Kier alpha value is -5.28. The second-order valence-corrected chi connectivity index (χ2v) is 14.1. The van der Waals surface area contributed by atoms with E-state index in [9.17, 15) is 0 Å². The smallest absolute Gasteiger partial charge is 0.0534 e. The maximum atomic E-state index is 2.38. The number of fused-ring (bicyclic) bond motifs is 8. The second kappa shape index (κ2) is 10.1. The summed E-state index contributed by atoms with van der Waals surface area (Å²) in [4.78, 5) is 1.33. The first-order chi connectivity index (χ1) is 22.8. The van der Waals surface area contributed by atoms with Gasteiger partial charge in [0.25, 0.3) is 0 Å². The summed E-state index contributed by atoms with van der Waals surface area (Å²) >= 11 is 3.87. The van der Waals surface area contributed by atoms with E-state index in [2.05, 4.69) is 158 Å². The monoisotopic (exact) mass is 618 g/mol. The van der Waals surface area contributed by atoms with Gasteiger partial charge in [-0.2, -0.15) is 0 Å². The summed E-state index contributed by atoms with van der Waals surface area (Å²) in [6, 6.07) is 58.2. The highest BCUT2D eigenvalue weighted by molar-refractivity contribution is 7.32. The molecule has 0 atom stereocenters. The van der Waals surface area contributed by atoms with E-state index in [4.69, 9.17) is 0 Å². The van der Waals surface area contributed by atoms with Crippen LogP contribution in [0, 0.1) is 0 Å². The van der Waals surface area contributed by atoms with E-state index in [1.54, 1.807) is 0 Å². The van der Waals surface area contributed by atoms with Gasteiger partial charge in [-0.15, -0.1) is 22.7 Å². The molecule has 10 rings (SSSR count). The van der Waals surface area contributed by atoms with Crippen molar-refractivity contribution in [1.29, 1.82) is 0 Å². The van der Waals surface area contributed by atoms with E-state index in [1.807, 2.05) is 22.7 Å². The quantitative estimate of drug-likeness (QED) is 0.173. The number of hydrogen-bond donors (Lipinski definition) is 0. The molecular weight excluding hydrogens is 593 g/mol.